The zero-order valence-corrected chi connectivity index (χ0v) is 10.9. The van der Waals surface area contributed by atoms with Gasteiger partial charge in [0.2, 0.25) is 15.9 Å². The van der Waals surface area contributed by atoms with Crippen LogP contribution in [-0.2, 0) is 14.8 Å². The summed E-state index contributed by atoms with van der Waals surface area (Å²) in [7, 11) is -3.82. The lowest BCUT2D eigenvalue weighted by atomic mass is 10.3. The van der Waals surface area contributed by atoms with Crippen LogP contribution < -0.4 is 10.0 Å². The van der Waals surface area contributed by atoms with Gasteiger partial charge in [-0.05, 0) is 38.1 Å². The van der Waals surface area contributed by atoms with E-state index in [1.54, 1.807) is 6.92 Å². The molecule has 1 aromatic rings. The van der Waals surface area contributed by atoms with E-state index in [-0.39, 0.29) is 4.90 Å². The van der Waals surface area contributed by atoms with Crippen LogP contribution in [0, 0.1) is 5.82 Å². The molecule has 0 radical (unpaired) electrons. The van der Waals surface area contributed by atoms with Gasteiger partial charge in [-0.1, -0.05) is 0 Å². The van der Waals surface area contributed by atoms with Crippen LogP contribution in [0.1, 0.15) is 13.8 Å². The highest BCUT2D eigenvalue weighted by Crippen LogP contribution is 2.10. The number of carbonyl (C=O) groups excluding carboxylic acids is 1. The molecule has 0 aliphatic heterocycles. The monoisotopic (exact) mass is 274 g/mol. The Morgan fingerprint density at radius 1 is 1.33 bits per heavy atom. The summed E-state index contributed by atoms with van der Waals surface area (Å²) in [4.78, 5) is 11.3. The van der Waals surface area contributed by atoms with E-state index >= 15 is 0 Å². The molecule has 1 aromatic carbocycles. The molecule has 18 heavy (non-hydrogen) atoms. The van der Waals surface area contributed by atoms with Crippen LogP contribution in [0.15, 0.2) is 29.2 Å². The first kappa shape index (κ1) is 14.6. The molecule has 0 aliphatic rings. The van der Waals surface area contributed by atoms with Gasteiger partial charge < -0.3 is 5.32 Å². The molecule has 0 fully saturated rings. The van der Waals surface area contributed by atoms with Crippen molar-refractivity contribution in [3.05, 3.63) is 30.1 Å². The number of benzene rings is 1. The Morgan fingerprint density at radius 2 is 1.89 bits per heavy atom. The van der Waals surface area contributed by atoms with Gasteiger partial charge in [0, 0.05) is 6.54 Å². The quantitative estimate of drug-likeness (QED) is 0.827. The van der Waals surface area contributed by atoms with E-state index in [9.17, 15) is 17.6 Å². The first-order valence-corrected chi connectivity index (χ1v) is 6.90. The zero-order chi connectivity index (χ0) is 13.8. The molecule has 0 saturated heterocycles. The second-order valence-electron chi connectivity index (χ2n) is 3.69. The van der Waals surface area contributed by atoms with Gasteiger partial charge in [0.05, 0.1) is 10.9 Å². The number of hydrogen-bond donors (Lipinski definition) is 2. The molecule has 1 unspecified atom stereocenters. The van der Waals surface area contributed by atoms with Crippen LogP contribution in [0.25, 0.3) is 0 Å². The van der Waals surface area contributed by atoms with Gasteiger partial charge in [-0.25, -0.2) is 12.8 Å². The van der Waals surface area contributed by atoms with Crippen molar-refractivity contribution in [2.45, 2.75) is 24.8 Å². The molecule has 0 aliphatic carbocycles. The number of hydrogen-bond acceptors (Lipinski definition) is 3. The summed E-state index contributed by atoms with van der Waals surface area (Å²) in [6.45, 7) is 3.59. The predicted octanol–water partition coefficient (Wildman–Crippen LogP) is 0.629. The third kappa shape index (κ3) is 3.78. The Balaban J connectivity index is 2.82. The third-order valence-corrected chi connectivity index (χ3v) is 3.76. The normalized spacial score (nSPS) is 13.1. The standard InChI is InChI=1S/C11H15FN2O3S/c1-3-13-11(15)8(2)14-18(16,17)10-6-4-9(12)5-7-10/h4-8,14H,3H2,1-2H3,(H,13,15). The summed E-state index contributed by atoms with van der Waals surface area (Å²) in [6, 6.07) is 3.49. The van der Waals surface area contributed by atoms with Crippen LogP contribution in [0.5, 0.6) is 0 Å². The van der Waals surface area contributed by atoms with E-state index in [4.69, 9.17) is 0 Å². The summed E-state index contributed by atoms with van der Waals surface area (Å²) in [5, 5.41) is 2.50. The highest BCUT2D eigenvalue weighted by Gasteiger charge is 2.21. The number of nitrogens with one attached hydrogen (secondary N) is 2. The highest BCUT2D eigenvalue weighted by molar-refractivity contribution is 7.89. The van der Waals surface area contributed by atoms with Crippen molar-refractivity contribution in [1.82, 2.24) is 10.0 Å². The van der Waals surface area contributed by atoms with E-state index in [1.807, 2.05) is 0 Å². The van der Waals surface area contributed by atoms with Crippen LogP contribution in [-0.4, -0.2) is 26.9 Å². The summed E-state index contributed by atoms with van der Waals surface area (Å²) in [5.41, 5.74) is 0. The van der Waals surface area contributed by atoms with Crippen LogP contribution in [0.4, 0.5) is 4.39 Å². The van der Waals surface area contributed by atoms with E-state index in [2.05, 4.69) is 10.0 Å². The van der Waals surface area contributed by atoms with Crippen molar-refractivity contribution in [3.63, 3.8) is 0 Å². The Bertz CT molecular complexity index is 514. The fourth-order valence-corrected chi connectivity index (χ4v) is 2.50. The maximum atomic E-state index is 12.7. The predicted molar refractivity (Wildman–Crippen MR) is 64.9 cm³/mol. The maximum absolute atomic E-state index is 12.7. The minimum atomic E-state index is -3.82. The smallest absolute Gasteiger partial charge is 0.241 e. The Morgan fingerprint density at radius 3 is 2.39 bits per heavy atom. The summed E-state index contributed by atoms with van der Waals surface area (Å²) >= 11 is 0. The topological polar surface area (TPSA) is 75.3 Å². The van der Waals surface area contributed by atoms with Gasteiger partial charge in [0.25, 0.3) is 0 Å². The molecule has 1 amide bonds. The zero-order valence-electron chi connectivity index (χ0n) is 10.1. The molecule has 2 N–H and O–H groups in total. The number of carbonyl (C=O) groups is 1. The summed E-state index contributed by atoms with van der Waals surface area (Å²) in [6.07, 6.45) is 0. The molecule has 0 saturated carbocycles. The van der Waals surface area contributed by atoms with Crippen molar-refractivity contribution in [2.75, 3.05) is 6.54 Å². The fourth-order valence-electron chi connectivity index (χ4n) is 1.30. The van der Waals surface area contributed by atoms with Gasteiger partial charge in [-0.2, -0.15) is 4.72 Å². The van der Waals surface area contributed by atoms with E-state index < -0.39 is 27.8 Å². The van der Waals surface area contributed by atoms with Crippen LogP contribution in [0.3, 0.4) is 0 Å². The molecule has 1 atom stereocenters. The average molecular weight is 274 g/mol. The summed E-state index contributed by atoms with van der Waals surface area (Å²) in [5.74, 6) is -0.936. The lowest BCUT2D eigenvalue weighted by Crippen LogP contribution is -2.44. The number of likely N-dealkylation sites (N-methyl/N-ethyl adjacent to an activating group) is 1. The fraction of sp³-hybridized carbons (Fsp3) is 0.364. The third-order valence-electron chi connectivity index (χ3n) is 2.20. The molecule has 0 spiro atoms. The van der Waals surface area contributed by atoms with Gasteiger partial charge in [0.1, 0.15) is 5.82 Å². The minimum Gasteiger partial charge on any atom is -0.355 e. The van der Waals surface area contributed by atoms with E-state index in [1.165, 1.54) is 6.92 Å². The molecule has 7 heteroatoms. The Hall–Kier alpha value is -1.47. The Labute approximate surface area is 105 Å². The van der Waals surface area contributed by atoms with Gasteiger partial charge in [0.15, 0.2) is 0 Å². The molecular formula is C11H15FN2O3S. The lowest BCUT2D eigenvalue weighted by Gasteiger charge is -2.13. The van der Waals surface area contributed by atoms with Crippen LogP contribution >= 0.6 is 0 Å². The molecule has 5 nitrogen and oxygen atoms in total. The second kappa shape index (κ2) is 5.92. The van der Waals surface area contributed by atoms with Crippen molar-refractivity contribution in [3.8, 4) is 0 Å². The van der Waals surface area contributed by atoms with Gasteiger partial charge >= 0.3 is 0 Å². The van der Waals surface area contributed by atoms with Crippen LogP contribution in [0.2, 0.25) is 0 Å². The minimum absolute atomic E-state index is 0.0833. The molecule has 0 bridgehead atoms. The van der Waals surface area contributed by atoms with Gasteiger partial charge in [-0.15, -0.1) is 0 Å². The number of amides is 1. The second-order valence-corrected chi connectivity index (χ2v) is 5.41. The van der Waals surface area contributed by atoms with Gasteiger partial charge in [-0.3, -0.25) is 4.79 Å². The molecular weight excluding hydrogens is 259 g/mol. The van der Waals surface area contributed by atoms with E-state index in [0.717, 1.165) is 24.3 Å². The first-order chi connectivity index (χ1) is 8.36. The molecule has 1 rings (SSSR count). The van der Waals surface area contributed by atoms with Crippen molar-refractivity contribution >= 4 is 15.9 Å². The molecule has 0 heterocycles. The number of halogens is 1. The molecule has 100 valence electrons. The molecule has 0 aromatic heterocycles. The van der Waals surface area contributed by atoms with E-state index in [0.29, 0.717) is 6.54 Å². The van der Waals surface area contributed by atoms with Crippen molar-refractivity contribution in [2.24, 2.45) is 0 Å². The van der Waals surface area contributed by atoms with Crippen molar-refractivity contribution < 1.29 is 17.6 Å². The lowest BCUT2D eigenvalue weighted by molar-refractivity contribution is -0.122. The largest absolute Gasteiger partial charge is 0.355 e. The number of sulfonamides is 1. The first-order valence-electron chi connectivity index (χ1n) is 5.42. The highest BCUT2D eigenvalue weighted by atomic mass is 32.2. The average Bonchev–Trinajstić information content (AvgIpc) is 2.29. The van der Waals surface area contributed by atoms with Crippen molar-refractivity contribution in [1.29, 1.82) is 0 Å². The maximum Gasteiger partial charge on any atom is 0.241 e. The summed E-state index contributed by atoms with van der Waals surface area (Å²) < 4.78 is 38.6. The SMILES string of the molecule is CCNC(=O)C(C)NS(=O)(=O)c1ccc(F)cc1. The Kier molecular flexibility index (Phi) is 4.80. The number of rotatable bonds is 5.